The highest BCUT2D eigenvalue weighted by Crippen LogP contribution is 2.23. The summed E-state index contributed by atoms with van der Waals surface area (Å²) in [6.07, 6.45) is 0. The lowest BCUT2D eigenvalue weighted by Crippen LogP contribution is -2.19. The number of hydrogen-bond acceptors (Lipinski definition) is 6. The normalized spacial score (nSPS) is 10.8. The SMILES string of the molecule is COCCNCc1cccc(F)c1OCc1nonc1C. The Balaban J connectivity index is 2.01. The summed E-state index contributed by atoms with van der Waals surface area (Å²) in [6, 6.07) is 4.83. The second-order valence-electron chi connectivity index (χ2n) is 4.48. The monoisotopic (exact) mass is 295 g/mol. The van der Waals surface area contributed by atoms with Crippen molar-refractivity contribution in [1.29, 1.82) is 0 Å². The molecule has 0 aliphatic heterocycles. The van der Waals surface area contributed by atoms with Gasteiger partial charge in [-0.3, -0.25) is 0 Å². The summed E-state index contributed by atoms with van der Waals surface area (Å²) in [5.41, 5.74) is 1.92. The van der Waals surface area contributed by atoms with Crippen LogP contribution in [-0.4, -0.2) is 30.6 Å². The molecule has 114 valence electrons. The first-order valence-corrected chi connectivity index (χ1v) is 6.60. The summed E-state index contributed by atoms with van der Waals surface area (Å²) in [7, 11) is 1.63. The first-order chi connectivity index (χ1) is 10.2. The topological polar surface area (TPSA) is 69.4 Å². The van der Waals surface area contributed by atoms with Crippen LogP contribution in [0.4, 0.5) is 4.39 Å². The average Bonchev–Trinajstić information content (AvgIpc) is 2.88. The predicted molar refractivity (Wildman–Crippen MR) is 73.3 cm³/mol. The molecule has 2 rings (SSSR count). The van der Waals surface area contributed by atoms with Crippen LogP contribution in [0.2, 0.25) is 0 Å². The number of halogens is 1. The first kappa shape index (κ1) is 15.4. The molecule has 0 unspecified atom stereocenters. The van der Waals surface area contributed by atoms with Gasteiger partial charge >= 0.3 is 0 Å². The summed E-state index contributed by atoms with van der Waals surface area (Å²) in [4.78, 5) is 0. The fourth-order valence-corrected chi connectivity index (χ4v) is 1.77. The van der Waals surface area contributed by atoms with Gasteiger partial charge in [-0.15, -0.1) is 0 Å². The minimum Gasteiger partial charge on any atom is -0.484 e. The van der Waals surface area contributed by atoms with Gasteiger partial charge in [0.2, 0.25) is 0 Å². The van der Waals surface area contributed by atoms with Crippen LogP contribution in [0.25, 0.3) is 0 Å². The molecule has 0 fully saturated rings. The van der Waals surface area contributed by atoms with E-state index in [4.69, 9.17) is 9.47 Å². The third-order valence-corrected chi connectivity index (χ3v) is 2.95. The molecule has 21 heavy (non-hydrogen) atoms. The average molecular weight is 295 g/mol. The van der Waals surface area contributed by atoms with E-state index < -0.39 is 5.82 Å². The van der Waals surface area contributed by atoms with Crippen molar-refractivity contribution in [3.05, 3.63) is 41.0 Å². The van der Waals surface area contributed by atoms with Gasteiger partial charge in [0.05, 0.1) is 6.61 Å². The number of para-hydroxylation sites is 1. The number of nitrogens with zero attached hydrogens (tertiary/aromatic N) is 2. The molecule has 0 saturated carbocycles. The predicted octanol–water partition coefficient (Wildman–Crippen LogP) is 1.83. The Morgan fingerprint density at radius 2 is 2.19 bits per heavy atom. The number of aryl methyl sites for hydroxylation is 1. The van der Waals surface area contributed by atoms with E-state index in [1.807, 2.05) is 6.07 Å². The molecule has 0 bridgehead atoms. The van der Waals surface area contributed by atoms with Crippen molar-refractivity contribution in [2.45, 2.75) is 20.1 Å². The highest BCUT2D eigenvalue weighted by atomic mass is 19.1. The lowest BCUT2D eigenvalue weighted by molar-refractivity contribution is 0.199. The minimum atomic E-state index is -0.407. The van der Waals surface area contributed by atoms with Crippen LogP contribution < -0.4 is 10.1 Å². The largest absolute Gasteiger partial charge is 0.484 e. The zero-order valence-electron chi connectivity index (χ0n) is 12.1. The zero-order chi connectivity index (χ0) is 15.1. The van der Waals surface area contributed by atoms with Crippen LogP contribution in [0.15, 0.2) is 22.8 Å². The van der Waals surface area contributed by atoms with Crippen molar-refractivity contribution in [3.63, 3.8) is 0 Å². The fourth-order valence-electron chi connectivity index (χ4n) is 1.77. The molecular weight excluding hydrogens is 277 g/mol. The summed E-state index contributed by atoms with van der Waals surface area (Å²) < 4.78 is 29.0. The second-order valence-corrected chi connectivity index (χ2v) is 4.48. The van der Waals surface area contributed by atoms with Crippen LogP contribution in [-0.2, 0) is 17.9 Å². The molecule has 0 radical (unpaired) electrons. The van der Waals surface area contributed by atoms with Gasteiger partial charge in [0.15, 0.2) is 11.6 Å². The summed E-state index contributed by atoms with van der Waals surface area (Å²) in [5.74, 6) is -0.194. The van der Waals surface area contributed by atoms with Crippen LogP contribution in [0.1, 0.15) is 17.0 Å². The van der Waals surface area contributed by atoms with Crippen molar-refractivity contribution in [2.75, 3.05) is 20.3 Å². The molecule has 1 heterocycles. The summed E-state index contributed by atoms with van der Waals surface area (Å²) in [5, 5.41) is 10.5. The van der Waals surface area contributed by atoms with Crippen LogP contribution >= 0.6 is 0 Å². The quantitative estimate of drug-likeness (QED) is 0.749. The van der Waals surface area contributed by atoms with Crippen LogP contribution in [0, 0.1) is 12.7 Å². The van der Waals surface area contributed by atoms with E-state index in [1.165, 1.54) is 6.07 Å². The van der Waals surface area contributed by atoms with Crippen LogP contribution in [0.5, 0.6) is 5.75 Å². The lowest BCUT2D eigenvalue weighted by atomic mass is 10.2. The van der Waals surface area contributed by atoms with E-state index in [9.17, 15) is 4.39 Å². The molecule has 1 N–H and O–H groups in total. The highest BCUT2D eigenvalue weighted by Gasteiger charge is 2.12. The molecule has 0 amide bonds. The van der Waals surface area contributed by atoms with Gasteiger partial charge in [0.1, 0.15) is 18.0 Å². The maximum absolute atomic E-state index is 13.9. The zero-order valence-corrected chi connectivity index (χ0v) is 12.1. The van der Waals surface area contributed by atoms with Crippen molar-refractivity contribution >= 4 is 0 Å². The number of aromatic nitrogens is 2. The third-order valence-electron chi connectivity index (χ3n) is 2.95. The van der Waals surface area contributed by atoms with Crippen molar-refractivity contribution in [2.24, 2.45) is 0 Å². The molecule has 0 aliphatic rings. The fraction of sp³-hybridized carbons (Fsp3) is 0.429. The maximum atomic E-state index is 13.9. The molecule has 1 aromatic heterocycles. The summed E-state index contributed by atoms with van der Waals surface area (Å²) in [6.45, 7) is 3.63. The van der Waals surface area contributed by atoms with Gasteiger partial charge in [-0.1, -0.05) is 22.4 Å². The van der Waals surface area contributed by atoms with E-state index in [2.05, 4.69) is 20.3 Å². The van der Waals surface area contributed by atoms with Crippen molar-refractivity contribution < 1.29 is 18.5 Å². The number of methoxy groups -OCH3 is 1. The highest BCUT2D eigenvalue weighted by molar-refractivity contribution is 5.35. The number of nitrogens with one attached hydrogen (secondary N) is 1. The summed E-state index contributed by atoms with van der Waals surface area (Å²) >= 11 is 0. The van der Waals surface area contributed by atoms with E-state index in [-0.39, 0.29) is 12.4 Å². The minimum absolute atomic E-state index is 0.112. The standard InChI is InChI=1S/C14H18FN3O3/c1-10-13(18-21-17-10)9-20-14-11(4-3-5-12(14)15)8-16-6-7-19-2/h3-5,16H,6-9H2,1-2H3. The number of rotatable bonds is 8. The van der Waals surface area contributed by atoms with Crippen molar-refractivity contribution in [1.82, 2.24) is 15.6 Å². The maximum Gasteiger partial charge on any atom is 0.165 e. The van der Waals surface area contributed by atoms with E-state index >= 15 is 0 Å². The second kappa shape index (κ2) is 7.70. The first-order valence-electron chi connectivity index (χ1n) is 6.60. The Labute approximate surface area is 122 Å². The molecule has 0 spiro atoms. The lowest BCUT2D eigenvalue weighted by Gasteiger charge is -2.12. The van der Waals surface area contributed by atoms with Gasteiger partial charge in [-0.05, 0) is 13.0 Å². The molecule has 0 saturated heterocycles. The molecule has 7 heteroatoms. The number of hydrogen-bond donors (Lipinski definition) is 1. The van der Waals surface area contributed by atoms with Gasteiger partial charge in [-0.25, -0.2) is 9.02 Å². The third kappa shape index (κ3) is 4.24. The molecule has 1 aromatic carbocycles. The number of benzene rings is 1. The molecular formula is C14H18FN3O3. The number of ether oxygens (including phenoxy) is 2. The molecule has 2 aromatic rings. The van der Waals surface area contributed by atoms with Gasteiger partial charge in [0.25, 0.3) is 0 Å². The van der Waals surface area contributed by atoms with Crippen molar-refractivity contribution in [3.8, 4) is 5.75 Å². The van der Waals surface area contributed by atoms with Crippen LogP contribution in [0.3, 0.4) is 0 Å². The van der Waals surface area contributed by atoms with Gasteiger partial charge in [-0.2, -0.15) is 0 Å². The van der Waals surface area contributed by atoms with E-state index in [0.29, 0.717) is 31.1 Å². The molecule has 6 nitrogen and oxygen atoms in total. The Hall–Kier alpha value is -1.99. The van der Waals surface area contributed by atoms with Gasteiger partial charge in [0, 0.05) is 25.8 Å². The van der Waals surface area contributed by atoms with Gasteiger partial charge < -0.3 is 14.8 Å². The Bertz CT molecular complexity index is 574. The van der Waals surface area contributed by atoms with E-state index in [1.54, 1.807) is 20.1 Å². The Morgan fingerprint density at radius 1 is 1.33 bits per heavy atom. The smallest absolute Gasteiger partial charge is 0.165 e. The Kier molecular flexibility index (Phi) is 5.65. The molecule has 0 atom stereocenters. The Morgan fingerprint density at radius 3 is 2.90 bits per heavy atom. The van der Waals surface area contributed by atoms with E-state index in [0.717, 1.165) is 5.56 Å². The molecule has 0 aliphatic carbocycles.